The third-order valence-electron chi connectivity index (χ3n) is 4.58. The maximum Gasteiger partial charge on any atom is 0.340 e. The number of hydrogen-bond donors (Lipinski definition) is 1. The van der Waals surface area contributed by atoms with Gasteiger partial charge in [0.1, 0.15) is 5.75 Å². The smallest absolute Gasteiger partial charge is 0.340 e. The monoisotopic (exact) mass is 398 g/mol. The van der Waals surface area contributed by atoms with Crippen LogP contribution in [0.2, 0.25) is 0 Å². The molecule has 1 heterocycles. The van der Waals surface area contributed by atoms with Crippen molar-refractivity contribution in [1.29, 1.82) is 0 Å². The van der Waals surface area contributed by atoms with Gasteiger partial charge in [-0.3, -0.25) is 4.79 Å². The van der Waals surface area contributed by atoms with Gasteiger partial charge in [-0.25, -0.2) is 4.79 Å². The van der Waals surface area contributed by atoms with Gasteiger partial charge in [0, 0.05) is 18.8 Å². The highest BCUT2D eigenvalue weighted by molar-refractivity contribution is 5.99. The number of nitrogens with zero attached hydrogens (tertiary/aromatic N) is 1. The van der Waals surface area contributed by atoms with Crippen molar-refractivity contribution < 1.29 is 23.8 Å². The van der Waals surface area contributed by atoms with Crippen molar-refractivity contribution in [2.24, 2.45) is 0 Å². The van der Waals surface area contributed by atoms with Gasteiger partial charge in [-0.15, -0.1) is 0 Å². The number of carbonyl (C=O) groups is 2. The SMILES string of the molecule is CCOC(=O)c1cc(NC(=O)COc2ccccc2C)ccc1N1CCOCC1. The van der Waals surface area contributed by atoms with E-state index in [1.807, 2.05) is 37.3 Å². The van der Waals surface area contributed by atoms with Crippen molar-refractivity contribution in [3.63, 3.8) is 0 Å². The third-order valence-corrected chi connectivity index (χ3v) is 4.58. The molecule has 2 aromatic carbocycles. The average Bonchev–Trinajstić information content (AvgIpc) is 2.74. The molecule has 0 aromatic heterocycles. The standard InChI is InChI=1S/C22H26N2O5/c1-3-28-22(26)18-14-17(8-9-19(18)24-10-12-27-13-11-24)23-21(25)15-29-20-7-5-4-6-16(20)2/h4-9,14H,3,10-13,15H2,1-2H3,(H,23,25). The first-order chi connectivity index (χ1) is 14.1. The van der Waals surface area contributed by atoms with Crippen molar-refractivity contribution >= 4 is 23.3 Å². The number of carbonyl (C=O) groups excluding carboxylic acids is 2. The Balaban J connectivity index is 1.71. The van der Waals surface area contributed by atoms with Gasteiger partial charge in [-0.1, -0.05) is 18.2 Å². The van der Waals surface area contributed by atoms with Gasteiger partial charge in [-0.2, -0.15) is 0 Å². The van der Waals surface area contributed by atoms with Crippen molar-refractivity contribution in [3.05, 3.63) is 53.6 Å². The van der Waals surface area contributed by atoms with Gasteiger partial charge in [-0.05, 0) is 43.7 Å². The van der Waals surface area contributed by atoms with E-state index < -0.39 is 5.97 Å². The van der Waals surface area contributed by atoms with E-state index >= 15 is 0 Å². The molecule has 0 atom stereocenters. The molecule has 29 heavy (non-hydrogen) atoms. The lowest BCUT2D eigenvalue weighted by Gasteiger charge is -2.30. The van der Waals surface area contributed by atoms with E-state index in [4.69, 9.17) is 14.2 Å². The second kappa shape index (κ2) is 9.93. The Morgan fingerprint density at radius 1 is 1.14 bits per heavy atom. The lowest BCUT2D eigenvalue weighted by atomic mass is 10.1. The van der Waals surface area contributed by atoms with Crippen molar-refractivity contribution in [2.45, 2.75) is 13.8 Å². The molecule has 0 spiro atoms. The average molecular weight is 398 g/mol. The van der Waals surface area contributed by atoms with Gasteiger partial charge >= 0.3 is 5.97 Å². The third kappa shape index (κ3) is 5.48. The number of hydrogen-bond acceptors (Lipinski definition) is 6. The molecule has 3 rings (SSSR count). The molecule has 0 aliphatic carbocycles. The van der Waals surface area contributed by atoms with Crippen molar-refractivity contribution in [3.8, 4) is 5.75 Å². The number of nitrogens with one attached hydrogen (secondary N) is 1. The summed E-state index contributed by atoms with van der Waals surface area (Å²) < 4.78 is 16.2. The van der Waals surface area contributed by atoms with Gasteiger partial charge in [0.2, 0.25) is 0 Å². The van der Waals surface area contributed by atoms with E-state index in [9.17, 15) is 9.59 Å². The van der Waals surface area contributed by atoms with Crippen LogP contribution >= 0.6 is 0 Å². The lowest BCUT2D eigenvalue weighted by Crippen LogP contribution is -2.37. The number of rotatable bonds is 7. The highest BCUT2D eigenvalue weighted by Gasteiger charge is 2.20. The van der Waals surface area contributed by atoms with E-state index in [0.29, 0.717) is 43.3 Å². The molecule has 1 aliphatic rings. The quantitative estimate of drug-likeness (QED) is 0.723. The first-order valence-electron chi connectivity index (χ1n) is 9.70. The summed E-state index contributed by atoms with van der Waals surface area (Å²) in [6, 6.07) is 12.8. The topological polar surface area (TPSA) is 77.1 Å². The number of para-hydroxylation sites is 1. The Kier molecular flexibility index (Phi) is 7.08. The van der Waals surface area contributed by atoms with Gasteiger partial charge in [0.15, 0.2) is 6.61 Å². The summed E-state index contributed by atoms with van der Waals surface area (Å²) >= 11 is 0. The highest BCUT2D eigenvalue weighted by atomic mass is 16.5. The Morgan fingerprint density at radius 2 is 1.90 bits per heavy atom. The van der Waals surface area contributed by atoms with Crippen LogP contribution in [0.4, 0.5) is 11.4 Å². The van der Waals surface area contributed by atoms with Crippen molar-refractivity contribution in [2.75, 3.05) is 49.7 Å². The summed E-state index contributed by atoms with van der Waals surface area (Å²) in [5.41, 5.74) is 2.68. The minimum Gasteiger partial charge on any atom is -0.483 e. The summed E-state index contributed by atoms with van der Waals surface area (Å²) in [6.45, 7) is 6.45. The molecule has 7 heteroatoms. The lowest BCUT2D eigenvalue weighted by molar-refractivity contribution is -0.118. The molecule has 1 fully saturated rings. The van der Waals surface area contributed by atoms with Crippen LogP contribution in [0.15, 0.2) is 42.5 Å². The Hall–Kier alpha value is -3.06. The van der Waals surface area contributed by atoms with E-state index in [2.05, 4.69) is 10.2 Å². The molecule has 1 aliphatic heterocycles. The number of anilines is 2. The molecule has 2 aromatic rings. The number of aryl methyl sites for hydroxylation is 1. The molecular formula is C22H26N2O5. The second-order valence-corrected chi connectivity index (χ2v) is 6.65. The normalized spacial score (nSPS) is 13.7. The molecule has 154 valence electrons. The number of amides is 1. The summed E-state index contributed by atoms with van der Waals surface area (Å²) in [7, 11) is 0. The largest absolute Gasteiger partial charge is 0.483 e. The van der Waals surface area contributed by atoms with E-state index in [1.165, 1.54) is 0 Å². The zero-order valence-electron chi connectivity index (χ0n) is 16.8. The Morgan fingerprint density at radius 3 is 2.62 bits per heavy atom. The van der Waals surface area contributed by atoms with Gasteiger partial charge in [0.05, 0.1) is 31.1 Å². The van der Waals surface area contributed by atoms with Crippen molar-refractivity contribution in [1.82, 2.24) is 0 Å². The van der Waals surface area contributed by atoms with Crippen LogP contribution in [0.5, 0.6) is 5.75 Å². The molecule has 1 amide bonds. The molecular weight excluding hydrogens is 372 g/mol. The van der Waals surface area contributed by atoms with E-state index in [-0.39, 0.29) is 19.1 Å². The molecule has 1 saturated heterocycles. The van der Waals surface area contributed by atoms with E-state index in [1.54, 1.807) is 19.1 Å². The highest BCUT2D eigenvalue weighted by Crippen LogP contribution is 2.26. The number of benzene rings is 2. The van der Waals surface area contributed by atoms with Gasteiger partial charge in [0.25, 0.3) is 5.91 Å². The summed E-state index contributed by atoms with van der Waals surface area (Å²) in [5.74, 6) is -0.0547. The molecule has 1 N–H and O–H groups in total. The zero-order valence-corrected chi connectivity index (χ0v) is 16.8. The van der Waals surface area contributed by atoms with Crippen LogP contribution in [-0.4, -0.2) is 51.4 Å². The van der Waals surface area contributed by atoms with Crippen LogP contribution in [-0.2, 0) is 14.3 Å². The van der Waals surface area contributed by atoms with Crippen LogP contribution in [0.1, 0.15) is 22.8 Å². The zero-order chi connectivity index (χ0) is 20.6. The first kappa shape index (κ1) is 20.7. The second-order valence-electron chi connectivity index (χ2n) is 6.65. The fraction of sp³-hybridized carbons (Fsp3) is 0.364. The molecule has 0 bridgehead atoms. The van der Waals surface area contributed by atoms with Crippen LogP contribution < -0.4 is 15.0 Å². The summed E-state index contributed by atoms with van der Waals surface area (Å²) in [6.07, 6.45) is 0. The van der Waals surface area contributed by atoms with Crippen LogP contribution in [0.25, 0.3) is 0 Å². The number of ether oxygens (including phenoxy) is 3. The van der Waals surface area contributed by atoms with Crippen LogP contribution in [0, 0.1) is 6.92 Å². The van der Waals surface area contributed by atoms with E-state index in [0.717, 1.165) is 11.3 Å². The Labute approximate surface area is 170 Å². The predicted molar refractivity (Wildman–Crippen MR) is 111 cm³/mol. The minimum atomic E-state index is -0.416. The maximum absolute atomic E-state index is 12.5. The van der Waals surface area contributed by atoms with Crippen LogP contribution in [0.3, 0.4) is 0 Å². The Bertz CT molecular complexity index is 862. The fourth-order valence-corrected chi connectivity index (χ4v) is 3.12. The minimum absolute atomic E-state index is 0.120. The first-order valence-corrected chi connectivity index (χ1v) is 9.70. The fourth-order valence-electron chi connectivity index (χ4n) is 3.12. The number of esters is 1. The predicted octanol–water partition coefficient (Wildman–Crippen LogP) is 3.03. The molecule has 7 nitrogen and oxygen atoms in total. The summed E-state index contributed by atoms with van der Waals surface area (Å²) in [4.78, 5) is 26.9. The molecule has 0 radical (unpaired) electrons. The maximum atomic E-state index is 12.5. The molecule has 0 unspecified atom stereocenters. The number of morpholine rings is 1. The summed E-state index contributed by atoms with van der Waals surface area (Å²) in [5, 5.41) is 2.78. The van der Waals surface area contributed by atoms with Gasteiger partial charge < -0.3 is 24.4 Å². The molecule has 0 saturated carbocycles.